The van der Waals surface area contributed by atoms with Crippen molar-refractivity contribution >= 4 is 5.82 Å². The number of fused-ring (bicyclic) bond motifs is 1. The second-order valence-corrected chi connectivity index (χ2v) is 4.57. The number of hydrogen-bond acceptors (Lipinski definition) is 3. The Balaban J connectivity index is 2.46. The molecule has 17 heavy (non-hydrogen) atoms. The molecule has 90 valence electrons. The monoisotopic (exact) mass is 229 g/mol. The van der Waals surface area contributed by atoms with Crippen molar-refractivity contribution in [2.24, 2.45) is 0 Å². The molecule has 0 bridgehead atoms. The topological polar surface area (TPSA) is 48.7 Å². The molecule has 3 heteroatoms. The molecule has 1 heterocycles. The summed E-state index contributed by atoms with van der Waals surface area (Å²) in [7, 11) is 0. The lowest BCUT2D eigenvalue weighted by molar-refractivity contribution is 0.525. The Morgan fingerprint density at radius 3 is 3.00 bits per heavy atom. The lowest BCUT2D eigenvalue weighted by atomic mass is 9.84. The largest absolute Gasteiger partial charge is 0.369 e. The maximum Gasteiger partial charge on any atom is 0.144 e. The van der Waals surface area contributed by atoms with E-state index in [-0.39, 0.29) is 0 Å². The fraction of sp³-hybridized carbons (Fsp3) is 0.571. The van der Waals surface area contributed by atoms with Gasteiger partial charge in [-0.2, -0.15) is 5.26 Å². The minimum Gasteiger partial charge on any atom is -0.369 e. The normalized spacial score (nSPS) is 18.3. The molecule has 0 saturated heterocycles. The number of aromatic nitrogens is 1. The van der Waals surface area contributed by atoms with Crippen molar-refractivity contribution in [3.63, 3.8) is 0 Å². The zero-order valence-corrected chi connectivity index (χ0v) is 10.6. The van der Waals surface area contributed by atoms with E-state index in [4.69, 9.17) is 10.2 Å². The molecule has 2 rings (SSSR count). The van der Waals surface area contributed by atoms with Gasteiger partial charge in [0.2, 0.25) is 0 Å². The molecule has 0 fully saturated rings. The van der Waals surface area contributed by atoms with E-state index in [1.54, 1.807) is 0 Å². The van der Waals surface area contributed by atoms with Gasteiger partial charge in [-0.15, -0.1) is 0 Å². The van der Waals surface area contributed by atoms with Gasteiger partial charge in [-0.05, 0) is 44.2 Å². The number of anilines is 1. The molecule has 1 N–H and O–H groups in total. The summed E-state index contributed by atoms with van der Waals surface area (Å²) in [6.45, 7) is 5.05. The fourth-order valence-corrected chi connectivity index (χ4v) is 2.58. The minimum absolute atomic E-state index is 0.573. The van der Waals surface area contributed by atoms with Crippen LogP contribution < -0.4 is 5.32 Å². The zero-order valence-electron chi connectivity index (χ0n) is 10.6. The highest BCUT2D eigenvalue weighted by atomic mass is 15.0. The number of nitrogens with zero attached hydrogens (tertiary/aromatic N) is 2. The number of pyridine rings is 1. The molecular weight excluding hydrogens is 210 g/mol. The first-order valence-electron chi connectivity index (χ1n) is 6.47. The van der Waals surface area contributed by atoms with Gasteiger partial charge < -0.3 is 5.32 Å². The van der Waals surface area contributed by atoms with Crippen LogP contribution >= 0.6 is 0 Å². The quantitative estimate of drug-likeness (QED) is 0.865. The van der Waals surface area contributed by atoms with Gasteiger partial charge in [0, 0.05) is 18.2 Å². The predicted molar refractivity (Wildman–Crippen MR) is 69.1 cm³/mol. The van der Waals surface area contributed by atoms with E-state index in [0.717, 1.165) is 25.2 Å². The molecule has 1 aromatic rings. The van der Waals surface area contributed by atoms with Gasteiger partial charge in [-0.25, -0.2) is 4.98 Å². The summed E-state index contributed by atoms with van der Waals surface area (Å²) in [6, 6.07) is 4.27. The average Bonchev–Trinajstić information content (AvgIpc) is 2.37. The Hall–Kier alpha value is -1.56. The Kier molecular flexibility index (Phi) is 3.63. The first-order valence-corrected chi connectivity index (χ1v) is 6.47. The summed E-state index contributed by atoms with van der Waals surface area (Å²) in [4.78, 5) is 4.69. The number of nitriles is 1. The first kappa shape index (κ1) is 11.9. The molecule has 1 atom stereocenters. The van der Waals surface area contributed by atoms with Crippen LogP contribution in [0.15, 0.2) is 6.07 Å². The summed E-state index contributed by atoms with van der Waals surface area (Å²) in [5.41, 5.74) is 3.18. The lowest BCUT2D eigenvalue weighted by Crippen LogP contribution is -2.14. The van der Waals surface area contributed by atoms with Crippen LogP contribution in [0, 0.1) is 11.3 Å². The van der Waals surface area contributed by atoms with E-state index in [1.165, 1.54) is 24.1 Å². The summed E-state index contributed by atoms with van der Waals surface area (Å²) in [5, 5.41) is 12.3. The van der Waals surface area contributed by atoms with Gasteiger partial charge in [-0.1, -0.05) is 6.92 Å². The molecule has 0 aromatic carbocycles. The highest BCUT2D eigenvalue weighted by Gasteiger charge is 2.22. The zero-order chi connectivity index (χ0) is 12.3. The molecule has 1 aromatic heterocycles. The number of rotatable bonds is 3. The molecular formula is C14H19N3. The number of aryl methyl sites for hydroxylation is 1. The van der Waals surface area contributed by atoms with Crippen LogP contribution in [0.5, 0.6) is 0 Å². The van der Waals surface area contributed by atoms with Crippen LogP contribution in [0.2, 0.25) is 0 Å². The summed E-state index contributed by atoms with van der Waals surface area (Å²) >= 11 is 0. The van der Waals surface area contributed by atoms with Gasteiger partial charge in [0.25, 0.3) is 0 Å². The van der Waals surface area contributed by atoms with Gasteiger partial charge >= 0.3 is 0 Å². The number of hydrogen-bond donors (Lipinski definition) is 1. The molecule has 3 nitrogen and oxygen atoms in total. The standard InChI is InChI=1S/C14H19N3/c1-3-10-6-5-7-11-8-12(9-15)14(16-4-2)17-13(10)11/h8,10H,3-7H2,1-2H3,(H,16,17). The Morgan fingerprint density at radius 2 is 2.35 bits per heavy atom. The minimum atomic E-state index is 0.573. The van der Waals surface area contributed by atoms with E-state index >= 15 is 0 Å². The highest BCUT2D eigenvalue weighted by Crippen LogP contribution is 2.34. The Bertz CT molecular complexity index is 446. The van der Waals surface area contributed by atoms with Gasteiger partial charge in [0.1, 0.15) is 11.9 Å². The van der Waals surface area contributed by atoms with Crippen LogP contribution in [-0.4, -0.2) is 11.5 Å². The highest BCUT2D eigenvalue weighted by molar-refractivity contribution is 5.55. The molecule has 0 spiro atoms. The fourth-order valence-electron chi connectivity index (χ4n) is 2.58. The van der Waals surface area contributed by atoms with Crippen LogP contribution in [0.25, 0.3) is 0 Å². The van der Waals surface area contributed by atoms with E-state index < -0.39 is 0 Å². The van der Waals surface area contributed by atoms with Gasteiger partial charge in [0.15, 0.2) is 0 Å². The van der Waals surface area contributed by atoms with Crippen LogP contribution in [0.4, 0.5) is 5.82 Å². The van der Waals surface area contributed by atoms with Crippen LogP contribution in [-0.2, 0) is 6.42 Å². The van der Waals surface area contributed by atoms with Crippen molar-refractivity contribution in [2.75, 3.05) is 11.9 Å². The smallest absolute Gasteiger partial charge is 0.144 e. The molecule has 0 aliphatic heterocycles. The van der Waals surface area contributed by atoms with E-state index in [2.05, 4.69) is 18.3 Å². The second-order valence-electron chi connectivity index (χ2n) is 4.57. The summed E-state index contributed by atoms with van der Waals surface area (Å²) in [6.07, 6.45) is 4.66. The third-order valence-corrected chi connectivity index (χ3v) is 3.48. The first-order chi connectivity index (χ1) is 8.30. The third-order valence-electron chi connectivity index (χ3n) is 3.48. The van der Waals surface area contributed by atoms with E-state index in [9.17, 15) is 0 Å². The third kappa shape index (κ3) is 2.26. The maximum atomic E-state index is 9.14. The van der Waals surface area contributed by atoms with Crippen molar-refractivity contribution in [1.29, 1.82) is 5.26 Å². The van der Waals surface area contributed by atoms with E-state index in [0.29, 0.717) is 11.5 Å². The molecule has 0 saturated carbocycles. The molecule has 1 unspecified atom stereocenters. The Morgan fingerprint density at radius 1 is 1.53 bits per heavy atom. The SMILES string of the molecule is CCNc1nc2c(cc1C#N)CCCC2CC. The lowest BCUT2D eigenvalue weighted by Gasteiger charge is -2.24. The molecule has 1 aliphatic carbocycles. The Labute approximate surface area is 103 Å². The summed E-state index contributed by atoms with van der Waals surface area (Å²) in [5.74, 6) is 1.33. The molecule has 0 amide bonds. The predicted octanol–water partition coefficient (Wildman–Crippen LogP) is 3.21. The maximum absolute atomic E-state index is 9.14. The van der Waals surface area contributed by atoms with Crippen molar-refractivity contribution in [3.05, 3.63) is 22.9 Å². The summed E-state index contributed by atoms with van der Waals surface area (Å²) < 4.78 is 0. The second kappa shape index (κ2) is 5.18. The van der Waals surface area contributed by atoms with Gasteiger partial charge in [-0.3, -0.25) is 0 Å². The van der Waals surface area contributed by atoms with Crippen LogP contribution in [0.3, 0.4) is 0 Å². The van der Waals surface area contributed by atoms with Crippen molar-refractivity contribution < 1.29 is 0 Å². The van der Waals surface area contributed by atoms with Crippen molar-refractivity contribution in [3.8, 4) is 6.07 Å². The van der Waals surface area contributed by atoms with Crippen molar-refractivity contribution in [1.82, 2.24) is 4.98 Å². The molecule has 1 aliphatic rings. The van der Waals surface area contributed by atoms with E-state index in [1.807, 2.05) is 13.0 Å². The molecule has 0 radical (unpaired) electrons. The average molecular weight is 229 g/mol. The van der Waals surface area contributed by atoms with Crippen molar-refractivity contribution in [2.45, 2.75) is 45.4 Å². The van der Waals surface area contributed by atoms with Crippen LogP contribution in [0.1, 0.15) is 55.8 Å². The number of nitrogens with one attached hydrogen (secondary N) is 1. The van der Waals surface area contributed by atoms with Gasteiger partial charge in [0.05, 0.1) is 5.56 Å².